The molecule has 0 aromatic heterocycles. The number of ether oxygens (including phenoxy) is 1. The fraction of sp³-hybridized carbons (Fsp3) is 0.500. The van der Waals surface area contributed by atoms with Crippen LogP contribution in [0.2, 0.25) is 0 Å². The first kappa shape index (κ1) is 16.6. The number of allylic oxidation sites excluding steroid dienone is 2. The third-order valence-corrected chi connectivity index (χ3v) is 3.95. The maximum Gasteiger partial charge on any atom is 0.158 e. The van der Waals surface area contributed by atoms with Gasteiger partial charge < -0.3 is 15.0 Å². The maximum absolute atomic E-state index is 12.0. The van der Waals surface area contributed by atoms with Gasteiger partial charge in [-0.3, -0.25) is 4.79 Å². The smallest absolute Gasteiger partial charge is 0.158 e. The first-order valence-corrected chi connectivity index (χ1v) is 7.84. The van der Waals surface area contributed by atoms with E-state index in [0.717, 1.165) is 37.4 Å². The summed E-state index contributed by atoms with van der Waals surface area (Å²) in [6, 6.07) is 8.04. The average molecular weight is 302 g/mol. The fourth-order valence-electron chi connectivity index (χ4n) is 2.79. The zero-order chi connectivity index (χ0) is 15.9. The van der Waals surface area contributed by atoms with Gasteiger partial charge in [0, 0.05) is 24.7 Å². The van der Waals surface area contributed by atoms with Crippen molar-refractivity contribution in [2.75, 3.05) is 34.3 Å². The molecule has 0 aliphatic heterocycles. The molecule has 4 nitrogen and oxygen atoms in total. The number of nitrogens with one attached hydrogen (secondary N) is 1. The molecule has 1 aromatic carbocycles. The Morgan fingerprint density at radius 3 is 2.86 bits per heavy atom. The standard InChI is InChI=1S/C18H26N2O2/c1-20(2)9-5-8-19-16-10-15(11-17(21)13-16)14-6-4-7-18(12-14)22-3/h4,6-7,12-13,15,19H,5,8-11H2,1-3H3/t15-/m1/s1. The maximum atomic E-state index is 12.0. The Hall–Kier alpha value is -1.81. The number of carbonyl (C=O) groups is 1. The number of rotatable bonds is 7. The molecule has 0 spiro atoms. The number of hydrogen-bond acceptors (Lipinski definition) is 4. The summed E-state index contributed by atoms with van der Waals surface area (Å²) in [5, 5.41) is 3.42. The monoisotopic (exact) mass is 302 g/mol. The molecule has 1 aromatic rings. The normalized spacial score (nSPS) is 18.3. The van der Waals surface area contributed by atoms with E-state index in [4.69, 9.17) is 4.74 Å². The molecule has 0 unspecified atom stereocenters. The van der Waals surface area contributed by atoms with Gasteiger partial charge in [0.1, 0.15) is 5.75 Å². The summed E-state index contributed by atoms with van der Waals surface area (Å²) in [6.07, 6.45) is 4.31. The van der Waals surface area contributed by atoms with Gasteiger partial charge in [-0.25, -0.2) is 0 Å². The summed E-state index contributed by atoms with van der Waals surface area (Å²) in [5.41, 5.74) is 2.23. The molecular weight excluding hydrogens is 276 g/mol. The van der Waals surface area contributed by atoms with Crippen molar-refractivity contribution >= 4 is 5.78 Å². The zero-order valence-corrected chi connectivity index (χ0v) is 13.8. The highest BCUT2D eigenvalue weighted by atomic mass is 16.5. The van der Waals surface area contributed by atoms with Crippen molar-refractivity contribution in [1.29, 1.82) is 0 Å². The lowest BCUT2D eigenvalue weighted by Gasteiger charge is -2.24. The number of hydrogen-bond donors (Lipinski definition) is 1. The number of methoxy groups -OCH3 is 1. The minimum Gasteiger partial charge on any atom is -0.497 e. The van der Waals surface area contributed by atoms with Gasteiger partial charge in [-0.15, -0.1) is 0 Å². The molecule has 22 heavy (non-hydrogen) atoms. The van der Waals surface area contributed by atoms with Crippen LogP contribution in [0.3, 0.4) is 0 Å². The zero-order valence-electron chi connectivity index (χ0n) is 13.8. The lowest BCUT2D eigenvalue weighted by molar-refractivity contribution is -0.115. The third kappa shape index (κ3) is 4.88. The number of benzene rings is 1. The second-order valence-corrected chi connectivity index (χ2v) is 6.10. The van der Waals surface area contributed by atoms with Crippen LogP contribution >= 0.6 is 0 Å². The van der Waals surface area contributed by atoms with E-state index in [9.17, 15) is 4.79 Å². The highest BCUT2D eigenvalue weighted by Gasteiger charge is 2.22. The van der Waals surface area contributed by atoms with Gasteiger partial charge in [-0.1, -0.05) is 12.1 Å². The summed E-state index contributed by atoms with van der Waals surface area (Å²) >= 11 is 0. The van der Waals surface area contributed by atoms with Crippen molar-refractivity contribution in [2.45, 2.75) is 25.2 Å². The van der Waals surface area contributed by atoms with E-state index >= 15 is 0 Å². The van der Waals surface area contributed by atoms with E-state index in [1.807, 2.05) is 18.2 Å². The molecule has 0 saturated heterocycles. The molecule has 0 bridgehead atoms. The largest absolute Gasteiger partial charge is 0.497 e. The number of carbonyl (C=O) groups excluding carboxylic acids is 1. The Bertz CT molecular complexity index is 538. The molecule has 120 valence electrons. The van der Waals surface area contributed by atoms with Crippen LogP contribution in [0.1, 0.15) is 30.7 Å². The van der Waals surface area contributed by atoms with E-state index in [0.29, 0.717) is 6.42 Å². The molecule has 1 atom stereocenters. The summed E-state index contributed by atoms with van der Waals surface area (Å²) in [5.74, 6) is 1.29. The molecule has 0 amide bonds. The second kappa shape index (κ2) is 7.99. The number of ketones is 1. The van der Waals surface area contributed by atoms with E-state index in [1.165, 1.54) is 5.56 Å². The predicted molar refractivity (Wildman–Crippen MR) is 89.2 cm³/mol. The van der Waals surface area contributed by atoms with E-state index < -0.39 is 0 Å². The van der Waals surface area contributed by atoms with E-state index in [-0.39, 0.29) is 11.7 Å². The molecule has 4 heteroatoms. The van der Waals surface area contributed by atoms with Crippen molar-refractivity contribution in [3.63, 3.8) is 0 Å². The molecule has 0 fully saturated rings. The second-order valence-electron chi connectivity index (χ2n) is 6.10. The summed E-state index contributed by atoms with van der Waals surface area (Å²) in [6.45, 7) is 1.95. The van der Waals surface area contributed by atoms with E-state index in [2.05, 4.69) is 30.4 Å². The summed E-state index contributed by atoms with van der Waals surface area (Å²) in [7, 11) is 5.81. The van der Waals surface area contributed by atoms with Gasteiger partial charge >= 0.3 is 0 Å². The first-order valence-electron chi connectivity index (χ1n) is 7.84. The van der Waals surface area contributed by atoms with Gasteiger partial charge in [0.25, 0.3) is 0 Å². The minimum absolute atomic E-state index is 0.203. The lowest BCUT2D eigenvalue weighted by Crippen LogP contribution is -2.25. The van der Waals surface area contributed by atoms with E-state index in [1.54, 1.807) is 13.2 Å². The molecular formula is C18H26N2O2. The SMILES string of the molecule is COc1cccc([C@H]2CC(=O)C=C(NCCCN(C)C)C2)c1. The van der Waals surface area contributed by atoms with Crippen LogP contribution < -0.4 is 10.1 Å². The topological polar surface area (TPSA) is 41.6 Å². The van der Waals surface area contributed by atoms with Gasteiger partial charge in [-0.2, -0.15) is 0 Å². The molecule has 0 heterocycles. The van der Waals surface area contributed by atoms with Crippen LogP contribution in [0, 0.1) is 0 Å². The summed E-state index contributed by atoms with van der Waals surface area (Å²) < 4.78 is 5.28. The van der Waals surface area contributed by atoms with Crippen LogP contribution in [0.25, 0.3) is 0 Å². The van der Waals surface area contributed by atoms with Crippen LogP contribution in [0.5, 0.6) is 5.75 Å². The molecule has 0 radical (unpaired) electrons. The highest BCUT2D eigenvalue weighted by Crippen LogP contribution is 2.32. The predicted octanol–water partition coefficient (Wildman–Crippen LogP) is 2.57. The minimum atomic E-state index is 0.203. The Morgan fingerprint density at radius 1 is 1.32 bits per heavy atom. The van der Waals surface area contributed by atoms with Crippen LogP contribution in [-0.2, 0) is 4.79 Å². The van der Waals surface area contributed by atoms with Crippen molar-refractivity contribution < 1.29 is 9.53 Å². The molecule has 0 saturated carbocycles. The lowest BCUT2D eigenvalue weighted by atomic mass is 9.85. The van der Waals surface area contributed by atoms with Crippen molar-refractivity contribution in [3.8, 4) is 5.75 Å². The van der Waals surface area contributed by atoms with Gasteiger partial charge in [0.2, 0.25) is 0 Å². The van der Waals surface area contributed by atoms with Crippen LogP contribution in [0.15, 0.2) is 36.0 Å². The van der Waals surface area contributed by atoms with Crippen LogP contribution in [0.4, 0.5) is 0 Å². The highest BCUT2D eigenvalue weighted by molar-refractivity contribution is 5.92. The quantitative estimate of drug-likeness (QED) is 0.786. The van der Waals surface area contributed by atoms with Crippen LogP contribution in [-0.4, -0.2) is 45.0 Å². The fourth-order valence-corrected chi connectivity index (χ4v) is 2.79. The van der Waals surface area contributed by atoms with Gasteiger partial charge in [0.15, 0.2) is 5.78 Å². The van der Waals surface area contributed by atoms with Gasteiger partial charge in [0.05, 0.1) is 7.11 Å². The average Bonchev–Trinajstić information content (AvgIpc) is 2.51. The third-order valence-electron chi connectivity index (χ3n) is 3.95. The Kier molecular flexibility index (Phi) is 6.01. The Morgan fingerprint density at radius 2 is 2.14 bits per heavy atom. The summed E-state index contributed by atoms with van der Waals surface area (Å²) in [4.78, 5) is 14.2. The molecule has 1 N–H and O–H groups in total. The first-order chi connectivity index (χ1) is 10.6. The molecule has 1 aliphatic carbocycles. The van der Waals surface area contributed by atoms with Gasteiger partial charge in [-0.05, 0) is 57.1 Å². The molecule has 2 rings (SSSR count). The Labute approximate surface area is 133 Å². The van der Waals surface area contributed by atoms with Crippen molar-refractivity contribution in [3.05, 3.63) is 41.6 Å². The van der Waals surface area contributed by atoms with Crippen molar-refractivity contribution in [1.82, 2.24) is 10.2 Å². The van der Waals surface area contributed by atoms with Crippen molar-refractivity contribution in [2.24, 2.45) is 0 Å². The Balaban J connectivity index is 1.95. The molecule has 1 aliphatic rings. The number of nitrogens with zero attached hydrogens (tertiary/aromatic N) is 1.